The molecule has 7 heteroatoms. The van der Waals surface area contributed by atoms with Crippen LogP contribution in [0.15, 0.2) is 6.20 Å². The van der Waals surface area contributed by atoms with E-state index in [4.69, 9.17) is 9.84 Å². The van der Waals surface area contributed by atoms with Gasteiger partial charge in [0.15, 0.2) is 5.69 Å². The zero-order valence-electron chi connectivity index (χ0n) is 9.74. The lowest BCUT2D eigenvalue weighted by atomic mass is 10.1. The van der Waals surface area contributed by atoms with E-state index in [0.29, 0.717) is 0 Å². The van der Waals surface area contributed by atoms with Crippen LogP contribution in [0.1, 0.15) is 23.0 Å². The van der Waals surface area contributed by atoms with Crippen molar-refractivity contribution >= 4 is 5.97 Å². The van der Waals surface area contributed by atoms with Gasteiger partial charge < -0.3 is 9.84 Å². The van der Waals surface area contributed by atoms with Crippen molar-refractivity contribution in [3.05, 3.63) is 11.9 Å². The molecule has 0 aliphatic carbocycles. The molecule has 0 aromatic carbocycles. The van der Waals surface area contributed by atoms with Gasteiger partial charge in [-0.05, 0) is 6.42 Å². The molecule has 0 bridgehead atoms. The van der Waals surface area contributed by atoms with Crippen LogP contribution < -0.4 is 0 Å². The molecule has 0 saturated carbocycles. The molecule has 1 aliphatic rings. The zero-order chi connectivity index (χ0) is 12.3. The van der Waals surface area contributed by atoms with Crippen molar-refractivity contribution in [3.63, 3.8) is 0 Å². The van der Waals surface area contributed by atoms with E-state index in [2.05, 4.69) is 15.2 Å². The molecule has 0 unspecified atom stereocenters. The number of carboxylic acids is 1. The first-order valence-electron chi connectivity index (χ1n) is 5.57. The molecule has 0 radical (unpaired) electrons. The lowest BCUT2D eigenvalue weighted by molar-refractivity contribution is 0.0689. The monoisotopic (exact) mass is 240 g/mol. The Morgan fingerprint density at radius 3 is 3.00 bits per heavy atom. The molecule has 94 valence electrons. The Kier molecular flexibility index (Phi) is 3.70. The van der Waals surface area contributed by atoms with E-state index in [-0.39, 0.29) is 11.7 Å². The van der Waals surface area contributed by atoms with Crippen molar-refractivity contribution in [3.8, 4) is 0 Å². The number of nitrogens with zero attached hydrogens (tertiary/aromatic N) is 4. The van der Waals surface area contributed by atoms with Crippen molar-refractivity contribution in [2.24, 2.45) is 0 Å². The van der Waals surface area contributed by atoms with Crippen LogP contribution in [0.25, 0.3) is 0 Å². The Morgan fingerprint density at radius 2 is 2.41 bits per heavy atom. The zero-order valence-corrected chi connectivity index (χ0v) is 9.74. The van der Waals surface area contributed by atoms with Crippen molar-refractivity contribution in [2.45, 2.75) is 12.5 Å². The molecule has 7 nitrogen and oxygen atoms in total. The van der Waals surface area contributed by atoms with Gasteiger partial charge in [0.2, 0.25) is 0 Å². The van der Waals surface area contributed by atoms with Crippen LogP contribution >= 0.6 is 0 Å². The summed E-state index contributed by atoms with van der Waals surface area (Å²) in [6.45, 7) is 3.57. The molecule has 1 N–H and O–H groups in total. The van der Waals surface area contributed by atoms with Gasteiger partial charge in [-0.25, -0.2) is 9.48 Å². The third-order valence-electron chi connectivity index (χ3n) is 2.86. The molecule has 1 saturated heterocycles. The molecule has 2 rings (SSSR count). The van der Waals surface area contributed by atoms with Crippen molar-refractivity contribution in [2.75, 3.05) is 33.4 Å². The van der Waals surface area contributed by atoms with E-state index in [1.165, 1.54) is 6.20 Å². The van der Waals surface area contributed by atoms with E-state index in [1.807, 2.05) is 0 Å². The quantitative estimate of drug-likeness (QED) is 0.698. The van der Waals surface area contributed by atoms with Gasteiger partial charge in [-0.15, -0.1) is 5.10 Å². The van der Waals surface area contributed by atoms with E-state index in [9.17, 15) is 4.79 Å². The molecule has 0 atom stereocenters. The number of carbonyl (C=O) groups is 1. The van der Waals surface area contributed by atoms with E-state index >= 15 is 0 Å². The summed E-state index contributed by atoms with van der Waals surface area (Å²) in [5.74, 6) is -1.03. The molecule has 0 spiro atoms. The highest BCUT2D eigenvalue weighted by molar-refractivity contribution is 5.84. The standard InChI is InChI=1S/C10H16N4O3/c1-17-4-2-3-13-5-8(6-13)14-7-9(10(15)16)11-12-14/h7-8H,2-6H2,1H3,(H,15,16). The number of ether oxygens (including phenoxy) is 1. The second-order valence-electron chi connectivity index (χ2n) is 4.15. The largest absolute Gasteiger partial charge is 0.476 e. The first-order chi connectivity index (χ1) is 8.20. The van der Waals surface area contributed by atoms with E-state index < -0.39 is 5.97 Å². The second-order valence-corrected chi connectivity index (χ2v) is 4.15. The van der Waals surface area contributed by atoms with Crippen LogP contribution in [0.4, 0.5) is 0 Å². The van der Waals surface area contributed by atoms with E-state index in [0.717, 1.165) is 32.7 Å². The lowest BCUT2D eigenvalue weighted by Gasteiger charge is -2.38. The predicted octanol–water partition coefficient (Wildman–Crippen LogP) is -0.130. The fourth-order valence-electron chi connectivity index (χ4n) is 1.88. The molecule has 1 aliphatic heterocycles. The number of hydrogen-bond donors (Lipinski definition) is 1. The minimum atomic E-state index is -1.03. The van der Waals surface area contributed by atoms with Gasteiger partial charge in [0.05, 0.1) is 12.2 Å². The van der Waals surface area contributed by atoms with Crippen LogP contribution in [-0.4, -0.2) is 64.3 Å². The Bertz CT molecular complexity index is 387. The molecule has 1 aromatic rings. The van der Waals surface area contributed by atoms with Crippen molar-refractivity contribution < 1.29 is 14.6 Å². The summed E-state index contributed by atoms with van der Waals surface area (Å²) in [4.78, 5) is 12.9. The van der Waals surface area contributed by atoms with Crippen LogP contribution in [0, 0.1) is 0 Å². The number of hydrogen-bond acceptors (Lipinski definition) is 5. The van der Waals surface area contributed by atoms with Crippen molar-refractivity contribution in [1.82, 2.24) is 19.9 Å². The molecular formula is C10H16N4O3. The maximum Gasteiger partial charge on any atom is 0.358 e. The number of aromatic carboxylic acids is 1. The topological polar surface area (TPSA) is 80.5 Å². The molecular weight excluding hydrogens is 224 g/mol. The molecule has 0 amide bonds. The number of carboxylic acid groups (broad SMARTS) is 1. The van der Waals surface area contributed by atoms with Crippen LogP contribution in [0.3, 0.4) is 0 Å². The van der Waals surface area contributed by atoms with Gasteiger partial charge in [0, 0.05) is 33.4 Å². The maximum atomic E-state index is 10.6. The van der Waals surface area contributed by atoms with Crippen molar-refractivity contribution in [1.29, 1.82) is 0 Å². The molecule has 2 heterocycles. The first-order valence-corrected chi connectivity index (χ1v) is 5.57. The summed E-state index contributed by atoms with van der Waals surface area (Å²) >= 11 is 0. The Balaban J connectivity index is 1.76. The van der Waals surface area contributed by atoms with Crippen LogP contribution in [-0.2, 0) is 4.74 Å². The summed E-state index contributed by atoms with van der Waals surface area (Å²) in [6, 6.07) is 0.248. The minimum Gasteiger partial charge on any atom is -0.476 e. The number of likely N-dealkylation sites (tertiary alicyclic amines) is 1. The fraction of sp³-hybridized carbons (Fsp3) is 0.700. The third-order valence-corrected chi connectivity index (χ3v) is 2.86. The van der Waals surface area contributed by atoms with Gasteiger partial charge in [0.25, 0.3) is 0 Å². The van der Waals surface area contributed by atoms with Gasteiger partial charge >= 0.3 is 5.97 Å². The predicted molar refractivity (Wildman–Crippen MR) is 59.0 cm³/mol. The smallest absolute Gasteiger partial charge is 0.358 e. The third kappa shape index (κ3) is 2.80. The highest BCUT2D eigenvalue weighted by atomic mass is 16.5. The summed E-state index contributed by atoms with van der Waals surface area (Å²) in [7, 11) is 1.70. The van der Waals surface area contributed by atoms with Gasteiger partial charge in [0.1, 0.15) is 0 Å². The highest BCUT2D eigenvalue weighted by Crippen LogP contribution is 2.20. The highest BCUT2D eigenvalue weighted by Gasteiger charge is 2.29. The number of methoxy groups -OCH3 is 1. The lowest BCUT2D eigenvalue weighted by Crippen LogP contribution is -2.48. The molecule has 17 heavy (non-hydrogen) atoms. The normalized spacial score (nSPS) is 17.0. The minimum absolute atomic E-state index is 0.00262. The van der Waals surface area contributed by atoms with Crippen LogP contribution in [0.2, 0.25) is 0 Å². The molecule has 1 aromatic heterocycles. The number of aromatic nitrogens is 3. The molecule has 1 fully saturated rings. The summed E-state index contributed by atoms with van der Waals surface area (Å²) in [5.41, 5.74) is 0.00262. The summed E-state index contributed by atoms with van der Waals surface area (Å²) < 4.78 is 6.62. The maximum absolute atomic E-state index is 10.6. The average molecular weight is 240 g/mol. The van der Waals surface area contributed by atoms with E-state index in [1.54, 1.807) is 11.8 Å². The Morgan fingerprint density at radius 1 is 1.65 bits per heavy atom. The van der Waals surface area contributed by atoms with Gasteiger partial charge in [-0.2, -0.15) is 0 Å². The second kappa shape index (κ2) is 5.24. The fourth-order valence-corrected chi connectivity index (χ4v) is 1.88. The van der Waals surface area contributed by atoms with Gasteiger partial charge in [-0.3, -0.25) is 4.90 Å². The first kappa shape index (κ1) is 12.0. The number of rotatable bonds is 6. The summed E-state index contributed by atoms with van der Waals surface area (Å²) in [5, 5.41) is 16.1. The van der Waals surface area contributed by atoms with Crippen LogP contribution in [0.5, 0.6) is 0 Å². The Labute approximate surface area is 99.0 Å². The average Bonchev–Trinajstić information content (AvgIpc) is 2.70. The Hall–Kier alpha value is -1.47. The summed E-state index contributed by atoms with van der Waals surface area (Å²) in [6.07, 6.45) is 2.50. The van der Waals surface area contributed by atoms with Gasteiger partial charge in [-0.1, -0.05) is 5.21 Å². The SMILES string of the molecule is COCCCN1CC(n2cc(C(=O)O)nn2)C1.